The molecule has 0 aromatic heterocycles. The maximum Gasteiger partial charge on any atom is 0.320 e. The first kappa shape index (κ1) is 14.5. The van der Waals surface area contributed by atoms with E-state index in [9.17, 15) is 9.59 Å². The van der Waals surface area contributed by atoms with Gasteiger partial charge in [-0.25, -0.2) is 0 Å². The molecule has 0 saturated carbocycles. The van der Waals surface area contributed by atoms with E-state index >= 15 is 0 Å². The van der Waals surface area contributed by atoms with Crippen molar-refractivity contribution in [2.24, 2.45) is 11.7 Å². The molecule has 0 aliphatic heterocycles. The first-order chi connectivity index (χ1) is 8.41. The quantitative estimate of drug-likeness (QED) is 0.726. The van der Waals surface area contributed by atoms with Crippen molar-refractivity contribution in [3.8, 4) is 0 Å². The lowest BCUT2D eigenvalue weighted by molar-refractivity contribution is -0.143. The van der Waals surface area contributed by atoms with Crippen molar-refractivity contribution < 1.29 is 19.8 Å². The number of hydrogen-bond acceptors (Lipinski definition) is 3. The number of halogens is 1. The van der Waals surface area contributed by atoms with Gasteiger partial charge in [0.2, 0.25) is 0 Å². The van der Waals surface area contributed by atoms with E-state index in [1.54, 1.807) is 24.3 Å². The highest BCUT2D eigenvalue weighted by molar-refractivity contribution is 6.31. The highest BCUT2D eigenvalue weighted by atomic mass is 35.5. The van der Waals surface area contributed by atoms with Crippen molar-refractivity contribution in [2.75, 3.05) is 0 Å². The van der Waals surface area contributed by atoms with Gasteiger partial charge in [0.15, 0.2) is 0 Å². The number of aliphatic carboxylic acids is 2. The molecule has 0 radical (unpaired) electrons. The van der Waals surface area contributed by atoms with Gasteiger partial charge in [-0.3, -0.25) is 9.59 Å². The molecule has 0 heterocycles. The van der Waals surface area contributed by atoms with E-state index in [0.29, 0.717) is 10.6 Å². The molecule has 98 valence electrons. The lowest BCUT2D eigenvalue weighted by atomic mass is 9.93. The van der Waals surface area contributed by atoms with Crippen LogP contribution in [0.3, 0.4) is 0 Å². The van der Waals surface area contributed by atoms with Gasteiger partial charge in [0, 0.05) is 5.02 Å². The summed E-state index contributed by atoms with van der Waals surface area (Å²) in [5, 5.41) is 18.2. The molecule has 1 unspecified atom stereocenters. The Morgan fingerprint density at radius 2 is 1.83 bits per heavy atom. The zero-order valence-electron chi connectivity index (χ0n) is 9.54. The largest absolute Gasteiger partial charge is 0.481 e. The zero-order valence-corrected chi connectivity index (χ0v) is 10.3. The topological polar surface area (TPSA) is 101 Å². The van der Waals surface area contributed by atoms with E-state index in [1.165, 1.54) is 0 Å². The highest BCUT2D eigenvalue weighted by Crippen LogP contribution is 2.21. The minimum atomic E-state index is -1.21. The first-order valence-electron chi connectivity index (χ1n) is 5.36. The maximum absolute atomic E-state index is 11.1. The maximum atomic E-state index is 11.1. The molecule has 4 N–H and O–H groups in total. The van der Waals surface area contributed by atoms with Gasteiger partial charge in [-0.15, -0.1) is 0 Å². The predicted octanol–water partition coefficient (Wildman–Crippen LogP) is 1.39. The van der Waals surface area contributed by atoms with Crippen molar-refractivity contribution in [1.29, 1.82) is 0 Å². The van der Waals surface area contributed by atoms with E-state index in [-0.39, 0.29) is 12.8 Å². The first-order valence-corrected chi connectivity index (χ1v) is 5.74. The van der Waals surface area contributed by atoms with Gasteiger partial charge < -0.3 is 15.9 Å². The molecular formula is C12H14ClNO4. The standard InChI is InChI=1S/C12H14ClNO4/c13-9-4-2-1-3-7(9)5-8(11(15)16)6-10(14)12(17)18/h1-4,8,10H,5-6,14H2,(H,15,16)(H,17,18)/t8?,10-/m1/s1. The van der Waals surface area contributed by atoms with Gasteiger partial charge in [-0.1, -0.05) is 29.8 Å². The third-order valence-corrected chi connectivity index (χ3v) is 3.00. The van der Waals surface area contributed by atoms with Crippen LogP contribution < -0.4 is 5.73 Å². The SMILES string of the molecule is N[C@H](CC(Cc1ccccc1Cl)C(=O)O)C(=O)O. The van der Waals surface area contributed by atoms with Gasteiger partial charge in [0.25, 0.3) is 0 Å². The Bertz CT molecular complexity index is 449. The molecule has 1 aromatic carbocycles. The van der Waals surface area contributed by atoms with Crippen LogP contribution in [0.15, 0.2) is 24.3 Å². The Hall–Kier alpha value is -1.59. The molecule has 0 aliphatic rings. The monoisotopic (exact) mass is 271 g/mol. The van der Waals surface area contributed by atoms with Crippen LogP contribution >= 0.6 is 11.6 Å². The summed E-state index contributed by atoms with van der Waals surface area (Å²) in [5.74, 6) is -3.15. The summed E-state index contributed by atoms with van der Waals surface area (Å²) in [4.78, 5) is 21.7. The molecule has 2 atom stereocenters. The molecule has 0 spiro atoms. The van der Waals surface area contributed by atoms with Gasteiger partial charge >= 0.3 is 11.9 Å². The van der Waals surface area contributed by atoms with E-state index in [0.717, 1.165) is 0 Å². The van der Waals surface area contributed by atoms with Crippen LogP contribution in [0, 0.1) is 5.92 Å². The third-order valence-electron chi connectivity index (χ3n) is 2.63. The number of hydrogen-bond donors (Lipinski definition) is 3. The number of nitrogens with two attached hydrogens (primary N) is 1. The summed E-state index contributed by atoms with van der Waals surface area (Å²) >= 11 is 5.93. The second-order valence-corrected chi connectivity index (χ2v) is 4.42. The van der Waals surface area contributed by atoms with Crippen LogP contribution in [-0.2, 0) is 16.0 Å². The van der Waals surface area contributed by atoms with Crippen LogP contribution in [0.1, 0.15) is 12.0 Å². The Morgan fingerprint density at radius 1 is 1.22 bits per heavy atom. The summed E-state index contributed by atoms with van der Waals surface area (Å²) in [6.07, 6.45) is 0.0336. The van der Waals surface area contributed by atoms with Crippen LogP contribution in [-0.4, -0.2) is 28.2 Å². The summed E-state index contributed by atoms with van der Waals surface area (Å²) < 4.78 is 0. The number of benzene rings is 1. The van der Waals surface area contributed by atoms with E-state index < -0.39 is 23.9 Å². The molecule has 0 saturated heterocycles. The second kappa shape index (κ2) is 6.37. The van der Waals surface area contributed by atoms with Crippen molar-refractivity contribution >= 4 is 23.5 Å². The van der Waals surface area contributed by atoms with Gasteiger partial charge in [0.05, 0.1) is 5.92 Å². The van der Waals surface area contributed by atoms with Crippen LogP contribution in [0.5, 0.6) is 0 Å². The van der Waals surface area contributed by atoms with Gasteiger partial charge in [-0.05, 0) is 24.5 Å². The van der Waals surface area contributed by atoms with E-state index in [2.05, 4.69) is 0 Å². The summed E-state index contributed by atoms with van der Waals surface area (Å²) in [6.45, 7) is 0. The normalized spacial score (nSPS) is 13.9. The fourth-order valence-corrected chi connectivity index (χ4v) is 1.82. The fourth-order valence-electron chi connectivity index (χ4n) is 1.61. The lowest BCUT2D eigenvalue weighted by Crippen LogP contribution is -2.35. The molecule has 18 heavy (non-hydrogen) atoms. The van der Waals surface area contributed by atoms with E-state index in [1.807, 2.05) is 0 Å². The molecule has 1 rings (SSSR count). The number of rotatable bonds is 6. The Labute approximate surface area is 109 Å². The number of carboxylic acids is 2. The molecule has 1 aromatic rings. The fraction of sp³-hybridized carbons (Fsp3) is 0.333. The molecule has 0 aliphatic carbocycles. The van der Waals surface area contributed by atoms with Crippen molar-refractivity contribution in [3.05, 3.63) is 34.9 Å². The third kappa shape index (κ3) is 4.01. The van der Waals surface area contributed by atoms with Crippen LogP contribution in [0.2, 0.25) is 5.02 Å². The summed E-state index contributed by atoms with van der Waals surface area (Å²) in [6, 6.07) is 5.67. The summed E-state index contributed by atoms with van der Waals surface area (Å²) in [5.41, 5.74) is 6.02. The van der Waals surface area contributed by atoms with Gasteiger partial charge in [-0.2, -0.15) is 0 Å². The van der Waals surface area contributed by atoms with Gasteiger partial charge in [0.1, 0.15) is 6.04 Å². The average Bonchev–Trinajstić information content (AvgIpc) is 2.30. The average molecular weight is 272 g/mol. The molecule has 0 bridgehead atoms. The number of carboxylic acid groups (broad SMARTS) is 2. The Balaban J connectivity index is 2.78. The molecular weight excluding hydrogens is 258 g/mol. The van der Waals surface area contributed by atoms with Crippen LogP contribution in [0.25, 0.3) is 0 Å². The minimum Gasteiger partial charge on any atom is -0.481 e. The smallest absolute Gasteiger partial charge is 0.320 e. The van der Waals surface area contributed by atoms with Crippen molar-refractivity contribution in [1.82, 2.24) is 0 Å². The highest BCUT2D eigenvalue weighted by Gasteiger charge is 2.25. The number of carbonyl (C=O) groups is 2. The molecule has 0 amide bonds. The van der Waals surface area contributed by atoms with E-state index in [4.69, 9.17) is 27.5 Å². The molecule has 6 heteroatoms. The zero-order chi connectivity index (χ0) is 13.7. The van der Waals surface area contributed by atoms with Crippen molar-refractivity contribution in [3.63, 3.8) is 0 Å². The molecule has 0 fully saturated rings. The predicted molar refractivity (Wildman–Crippen MR) is 66.5 cm³/mol. The Kier molecular flexibility index (Phi) is 5.12. The summed E-state index contributed by atoms with van der Waals surface area (Å²) in [7, 11) is 0. The Morgan fingerprint density at radius 3 is 2.33 bits per heavy atom. The van der Waals surface area contributed by atoms with Crippen molar-refractivity contribution in [2.45, 2.75) is 18.9 Å². The second-order valence-electron chi connectivity index (χ2n) is 4.01. The minimum absolute atomic E-state index is 0.129. The van der Waals surface area contributed by atoms with Crippen LogP contribution in [0.4, 0.5) is 0 Å². The molecule has 5 nitrogen and oxygen atoms in total. The lowest BCUT2D eigenvalue weighted by Gasteiger charge is -2.15.